The monoisotopic (exact) mass is 342 g/mol. The van der Waals surface area contributed by atoms with E-state index in [0.717, 1.165) is 44.3 Å². The third-order valence-electron chi connectivity index (χ3n) is 5.49. The summed E-state index contributed by atoms with van der Waals surface area (Å²) in [5, 5.41) is 9.01. The van der Waals surface area contributed by atoms with E-state index in [4.69, 9.17) is 9.47 Å². The molecule has 2 aliphatic heterocycles. The number of benzene rings is 1. The average Bonchev–Trinajstić information content (AvgIpc) is 3.01. The minimum Gasteiger partial charge on any atom is -0.375 e. The Morgan fingerprint density at radius 3 is 2.68 bits per heavy atom. The summed E-state index contributed by atoms with van der Waals surface area (Å²) in [7, 11) is 3.83. The third-order valence-corrected chi connectivity index (χ3v) is 5.49. The van der Waals surface area contributed by atoms with Crippen LogP contribution in [0.5, 0.6) is 0 Å². The van der Waals surface area contributed by atoms with Crippen molar-refractivity contribution >= 4 is 5.95 Å². The summed E-state index contributed by atoms with van der Waals surface area (Å²) in [6.45, 7) is 4.62. The predicted octanol–water partition coefficient (Wildman–Crippen LogP) is 2.68. The van der Waals surface area contributed by atoms with Crippen LogP contribution in [0.2, 0.25) is 0 Å². The maximum Gasteiger partial charge on any atom is 0.227 e. The highest BCUT2D eigenvalue weighted by molar-refractivity contribution is 5.39. The van der Waals surface area contributed by atoms with Crippen molar-refractivity contribution in [3.63, 3.8) is 0 Å². The fourth-order valence-electron chi connectivity index (χ4n) is 3.98. The Labute approximate surface area is 148 Å². The van der Waals surface area contributed by atoms with Gasteiger partial charge in [0.25, 0.3) is 0 Å². The molecule has 0 aliphatic carbocycles. The SMILES string of the molecule is COC1(C)CN(c2nnc([C@@H]3CCCO[C@H]3c3ccccc3)n2C)C1. The Hall–Kier alpha value is -1.92. The lowest BCUT2D eigenvalue weighted by atomic mass is 9.89. The number of rotatable bonds is 4. The molecule has 1 aromatic heterocycles. The highest BCUT2D eigenvalue weighted by Gasteiger charge is 2.42. The lowest BCUT2D eigenvalue weighted by Crippen LogP contribution is -2.61. The average molecular weight is 342 g/mol. The molecule has 0 spiro atoms. The van der Waals surface area contributed by atoms with Crippen LogP contribution in [0.1, 0.15) is 43.2 Å². The van der Waals surface area contributed by atoms with Crippen molar-refractivity contribution in [1.29, 1.82) is 0 Å². The van der Waals surface area contributed by atoms with Gasteiger partial charge in [-0.05, 0) is 25.3 Å². The van der Waals surface area contributed by atoms with E-state index < -0.39 is 0 Å². The van der Waals surface area contributed by atoms with Crippen LogP contribution in [-0.4, -0.2) is 47.2 Å². The summed E-state index contributed by atoms with van der Waals surface area (Å²) in [4.78, 5) is 2.22. The van der Waals surface area contributed by atoms with Crippen molar-refractivity contribution in [1.82, 2.24) is 14.8 Å². The third kappa shape index (κ3) is 2.93. The zero-order chi connectivity index (χ0) is 17.4. The molecule has 2 fully saturated rings. The van der Waals surface area contributed by atoms with Crippen LogP contribution in [-0.2, 0) is 16.5 Å². The molecule has 2 atom stereocenters. The summed E-state index contributed by atoms with van der Waals surface area (Å²) in [5.74, 6) is 2.16. The van der Waals surface area contributed by atoms with Crippen molar-refractivity contribution in [3.05, 3.63) is 41.7 Å². The number of nitrogens with zero attached hydrogens (tertiary/aromatic N) is 4. The van der Waals surface area contributed by atoms with Gasteiger partial charge in [0, 0.05) is 26.7 Å². The normalized spacial score (nSPS) is 25.6. The fraction of sp³-hybridized carbons (Fsp3) is 0.579. The van der Waals surface area contributed by atoms with E-state index in [1.54, 1.807) is 7.11 Å². The zero-order valence-electron chi connectivity index (χ0n) is 15.2. The molecule has 0 N–H and O–H groups in total. The molecule has 0 bridgehead atoms. The van der Waals surface area contributed by atoms with Gasteiger partial charge in [0.15, 0.2) is 0 Å². The molecular weight excluding hydrogens is 316 g/mol. The maximum absolute atomic E-state index is 6.13. The summed E-state index contributed by atoms with van der Waals surface area (Å²) in [6, 6.07) is 10.5. The number of methoxy groups -OCH3 is 1. The summed E-state index contributed by atoms with van der Waals surface area (Å²) in [5.41, 5.74) is 1.14. The van der Waals surface area contributed by atoms with Gasteiger partial charge in [-0.1, -0.05) is 30.3 Å². The molecule has 134 valence electrons. The summed E-state index contributed by atoms with van der Waals surface area (Å²) < 4.78 is 13.8. The molecule has 0 saturated carbocycles. The van der Waals surface area contributed by atoms with Gasteiger partial charge in [-0.2, -0.15) is 0 Å². The van der Waals surface area contributed by atoms with Crippen molar-refractivity contribution in [2.75, 3.05) is 31.7 Å². The van der Waals surface area contributed by atoms with Crippen molar-refractivity contribution in [3.8, 4) is 0 Å². The van der Waals surface area contributed by atoms with Crippen LogP contribution >= 0.6 is 0 Å². The Balaban J connectivity index is 1.59. The van der Waals surface area contributed by atoms with E-state index in [0.29, 0.717) is 0 Å². The van der Waals surface area contributed by atoms with Gasteiger partial charge in [-0.25, -0.2) is 0 Å². The Kier molecular flexibility index (Phi) is 4.25. The molecule has 2 aromatic rings. The molecule has 2 aliphatic rings. The molecular formula is C19H26N4O2. The maximum atomic E-state index is 6.13. The van der Waals surface area contributed by atoms with E-state index in [2.05, 4.69) is 57.9 Å². The largest absolute Gasteiger partial charge is 0.375 e. The smallest absolute Gasteiger partial charge is 0.227 e. The van der Waals surface area contributed by atoms with Gasteiger partial charge in [0.05, 0.1) is 19.2 Å². The second-order valence-corrected chi connectivity index (χ2v) is 7.38. The molecule has 6 heteroatoms. The predicted molar refractivity (Wildman–Crippen MR) is 95.7 cm³/mol. The molecule has 0 unspecified atom stereocenters. The number of ether oxygens (including phenoxy) is 2. The van der Waals surface area contributed by atoms with E-state index in [9.17, 15) is 0 Å². The summed E-state index contributed by atoms with van der Waals surface area (Å²) in [6.07, 6.45) is 2.18. The van der Waals surface area contributed by atoms with Gasteiger partial charge < -0.3 is 18.9 Å². The van der Waals surface area contributed by atoms with Crippen molar-refractivity contribution < 1.29 is 9.47 Å². The molecule has 0 radical (unpaired) electrons. The minimum atomic E-state index is -0.0767. The quantitative estimate of drug-likeness (QED) is 0.855. The highest BCUT2D eigenvalue weighted by Crippen LogP contribution is 2.41. The first-order valence-electron chi connectivity index (χ1n) is 8.97. The lowest BCUT2D eigenvalue weighted by Gasteiger charge is -2.47. The van der Waals surface area contributed by atoms with E-state index in [1.807, 2.05) is 6.07 Å². The topological polar surface area (TPSA) is 52.4 Å². The van der Waals surface area contributed by atoms with Crippen LogP contribution in [0.25, 0.3) is 0 Å². The molecule has 2 saturated heterocycles. The fourth-order valence-corrected chi connectivity index (χ4v) is 3.98. The zero-order valence-corrected chi connectivity index (χ0v) is 15.2. The number of hydrogen-bond donors (Lipinski definition) is 0. The first-order chi connectivity index (χ1) is 12.1. The van der Waals surface area contributed by atoms with Crippen LogP contribution in [0.3, 0.4) is 0 Å². The Bertz CT molecular complexity index is 724. The van der Waals surface area contributed by atoms with Crippen molar-refractivity contribution in [2.24, 2.45) is 7.05 Å². The van der Waals surface area contributed by atoms with E-state index in [1.165, 1.54) is 5.56 Å². The standard InChI is InChI=1S/C19H26N4O2/c1-19(24-3)12-23(13-19)18-21-20-17(22(18)2)15-10-7-11-25-16(15)14-8-5-4-6-9-14/h4-6,8-9,15-16H,7,10-13H2,1-3H3/t15-,16+/m1/s1. The minimum absolute atomic E-state index is 0.0475. The van der Waals surface area contributed by atoms with Gasteiger partial charge in [0.1, 0.15) is 11.4 Å². The number of aromatic nitrogens is 3. The van der Waals surface area contributed by atoms with Gasteiger partial charge in [0.2, 0.25) is 5.95 Å². The Morgan fingerprint density at radius 2 is 1.96 bits per heavy atom. The van der Waals surface area contributed by atoms with E-state index >= 15 is 0 Å². The number of anilines is 1. The second-order valence-electron chi connectivity index (χ2n) is 7.38. The van der Waals surface area contributed by atoms with Crippen LogP contribution in [0, 0.1) is 0 Å². The van der Waals surface area contributed by atoms with Gasteiger partial charge in [-0.3, -0.25) is 0 Å². The molecule has 0 amide bonds. The van der Waals surface area contributed by atoms with Crippen molar-refractivity contribution in [2.45, 2.75) is 37.4 Å². The van der Waals surface area contributed by atoms with Crippen LogP contribution in [0.15, 0.2) is 30.3 Å². The van der Waals surface area contributed by atoms with Gasteiger partial charge >= 0.3 is 0 Å². The summed E-state index contributed by atoms with van der Waals surface area (Å²) >= 11 is 0. The molecule has 1 aromatic carbocycles. The molecule has 3 heterocycles. The second kappa shape index (κ2) is 6.42. The molecule has 6 nitrogen and oxygen atoms in total. The van der Waals surface area contributed by atoms with E-state index in [-0.39, 0.29) is 17.6 Å². The lowest BCUT2D eigenvalue weighted by molar-refractivity contribution is -0.0179. The molecule has 4 rings (SSSR count). The molecule has 25 heavy (non-hydrogen) atoms. The first-order valence-corrected chi connectivity index (χ1v) is 8.97. The first kappa shape index (κ1) is 16.5. The van der Waals surface area contributed by atoms with Crippen LogP contribution < -0.4 is 4.90 Å². The number of hydrogen-bond acceptors (Lipinski definition) is 5. The Morgan fingerprint density at radius 1 is 1.20 bits per heavy atom. The van der Waals surface area contributed by atoms with Gasteiger partial charge in [-0.15, -0.1) is 10.2 Å². The van der Waals surface area contributed by atoms with Crippen LogP contribution in [0.4, 0.5) is 5.95 Å². The highest BCUT2D eigenvalue weighted by atomic mass is 16.5.